The van der Waals surface area contributed by atoms with Gasteiger partial charge in [-0.3, -0.25) is 9.69 Å². The first-order valence-corrected chi connectivity index (χ1v) is 11.0. The summed E-state index contributed by atoms with van der Waals surface area (Å²) in [6.45, 7) is 0.891. The molecular weight excluding hydrogens is 426 g/mol. The minimum Gasteiger partial charge on any atom is -0.497 e. The molecule has 0 aliphatic carbocycles. The average Bonchev–Trinajstić information content (AvgIpc) is 3.07. The molecule has 4 nitrogen and oxygen atoms in total. The van der Waals surface area contributed by atoms with E-state index in [0.717, 1.165) is 28.2 Å². The van der Waals surface area contributed by atoms with Crippen LogP contribution in [0.1, 0.15) is 16.7 Å². The van der Waals surface area contributed by atoms with Gasteiger partial charge in [-0.2, -0.15) is 0 Å². The van der Waals surface area contributed by atoms with Crippen LogP contribution in [-0.2, 0) is 17.9 Å². The molecule has 3 aromatic rings. The summed E-state index contributed by atoms with van der Waals surface area (Å²) in [6.07, 6.45) is 1.85. The van der Waals surface area contributed by atoms with Gasteiger partial charge in [0, 0.05) is 5.56 Å². The summed E-state index contributed by atoms with van der Waals surface area (Å²) in [4.78, 5) is 15.2. The highest BCUT2D eigenvalue weighted by Gasteiger charge is 2.32. The van der Waals surface area contributed by atoms with Gasteiger partial charge in [-0.25, -0.2) is 0 Å². The Kier molecular flexibility index (Phi) is 6.70. The van der Waals surface area contributed by atoms with Crippen LogP contribution in [0.2, 0.25) is 0 Å². The van der Waals surface area contributed by atoms with Gasteiger partial charge in [-0.15, -0.1) is 0 Å². The molecule has 0 unspecified atom stereocenters. The predicted molar refractivity (Wildman–Crippen MR) is 129 cm³/mol. The van der Waals surface area contributed by atoms with Crippen LogP contribution in [0.25, 0.3) is 6.08 Å². The van der Waals surface area contributed by atoms with Gasteiger partial charge in [-0.05, 0) is 35.4 Å². The number of hydrogen-bond acceptors (Lipinski definition) is 5. The van der Waals surface area contributed by atoms with E-state index in [1.165, 1.54) is 11.8 Å². The number of thioether (sulfide) groups is 1. The van der Waals surface area contributed by atoms with Crippen LogP contribution in [0.4, 0.5) is 0 Å². The molecule has 1 heterocycles. The molecule has 31 heavy (non-hydrogen) atoms. The fourth-order valence-corrected chi connectivity index (χ4v) is 4.40. The number of thiocarbonyl (C=S) groups is 1. The molecule has 3 aromatic carbocycles. The molecule has 1 aliphatic heterocycles. The van der Waals surface area contributed by atoms with E-state index in [1.54, 1.807) is 12.0 Å². The van der Waals surface area contributed by atoms with Crippen LogP contribution < -0.4 is 9.47 Å². The second-order valence-corrected chi connectivity index (χ2v) is 8.60. The number of carbonyl (C=O) groups excluding carboxylic acids is 1. The van der Waals surface area contributed by atoms with E-state index in [9.17, 15) is 4.79 Å². The summed E-state index contributed by atoms with van der Waals surface area (Å²) in [5.41, 5.74) is 2.93. The van der Waals surface area contributed by atoms with Crippen molar-refractivity contribution in [3.63, 3.8) is 0 Å². The monoisotopic (exact) mass is 447 g/mol. The van der Waals surface area contributed by atoms with E-state index in [-0.39, 0.29) is 5.91 Å². The zero-order valence-corrected chi connectivity index (χ0v) is 18.6. The molecule has 0 aromatic heterocycles. The van der Waals surface area contributed by atoms with Gasteiger partial charge in [0.25, 0.3) is 5.91 Å². The van der Waals surface area contributed by atoms with Gasteiger partial charge in [0.1, 0.15) is 22.4 Å². The van der Waals surface area contributed by atoms with Crippen molar-refractivity contribution in [3.8, 4) is 11.5 Å². The number of benzene rings is 3. The molecule has 6 heteroatoms. The van der Waals surface area contributed by atoms with Crippen LogP contribution in [0.3, 0.4) is 0 Å². The third-order valence-electron chi connectivity index (χ3n) is 4.82. The normalized spacial score (nSPS) is 14.9. The van der Waals surface area contributed by atoms with E-state index in [1.807, 2.05) is 84.9 Å². The highest BCUT2D eigenvalue weighted by atomic mass is 32.2. The van der Waals surface area contributed by atoms with E-state index in [0.29, 0.717) is 22.4 Å². The highest BCUT2D eigenvalue weighted by molar-refractivity contribution is 8.26. The number of amides is 1. The van der Waals surface area contributed by atoms with Crippen molar-refractivity contribution < 1.29 is 14.3 Å². The number of carbonyl (C=O) groups is 1. The summed E-state index contributed by atoms with van der Waals surface area (Å²) < 4.78 is 11.8. The lowest BCUT2D eigenvalue weighted by atomic mass is 10.1. The number of methoxy groups -OCH3 is 1. The number of para-hydroxylation sites is 1. The van der Waals surface area contributed by atoms with Crippen LogP contribution in [0.15, 0.2) is 83.8 Å². The van der Waals surface area contributed by atoms with Crippen LogP contribution in [0.5, 0.6) is 11.5 Å². The van der Waals surface area contributed by atoms with E-state index >= 15 is 0 Å². The van der Waals surface area contributed by atoms with Gasteiger partial charge in [0.15, 0.2) is 0 Å². The van der Waals surface area contributed by atoms with E-state index in [2.05, 4.69) is 0 Å². The molecule has 0 saturated carbocycles. The lowest BCUT2D eigenvalue weighted by molar-refractivity contribution is -0.122. The lowest BCUT2D eigenvalue weighted by Gasteiger charge is -2.14. The maximum Gasteiger partial charge on any atom is 0.266 e. The Hall–Kier alpha value is -3.09. The number of hydrogen-bond donors (Lipinski definition) is 0. The number of nitrogens with zero attached hydrogens (tertiary/aromatic N) is 1. The minimum atomic E-state index is -0.0938. The smallest absolute Gasteiger partial charge is 0.266 e. The van der Waals surface area contributed by atoms with Gasteiger partial charge >= 0.3 is 0 Å². The molecule has 1 fully saturated rings. The first-order chi connectivity index (χ1) is 15.1. The predicted octanol–water partition coefficient (Wildman–Crippen LogP) is 5.68. The topological polar surface area (TPSA) is 38.8 Å². The van der Waals surface area contributed by atoms with Crippen LogP contribution >= 0.6 is 24.0 Å². The summed E-state index contributed by atoms with van der Waals surface area (Å²) in [5, 5.41) is 0. The number of rotatable bonds is 7. The maximum absolute atomic E-state index is 13.0. The van der Waals surface area contributed by atoms with Crippen molar-refractivity contribution in [2.75, 3.05) is 7.11 Å². The van der Waals surface area contributed by atoms with Crippen molar-refractivity contribution >= 4 is 40.3 Å². The molecule has 0 bridgehead atoms. The Morgan fingerprint density at radius 1 is 0.935 bits per heavy atom. The van der Waals surface area contributed by atoms with Gasteiger partial charge in [-0.1, -0.05) is 84.6 Å². The summed E-state index contributed by atoms with van der Waals surface area (Å²) in [7, 11) is 1.63. The Balaban J connectivity index is 1.50. The Morgan fingerprint density at radius 3 is 2.39 bits per heavy atom. The molecule has 0 radical (unpaired) electrons. The summed E-state index contributed by atoms with van der Waals surface area (Å²) in [5.74, 6) is 1.41. The molecule has 1 amide bonds. The van der Waals surface area contributed by atoms with Crippen molar-refractivity contribution in [1.82, 2.24) is 4.90 Å². The molecule has 4 rings (SSSR count). The molecular formula is C25H21NO3S2. The highest BCUT2D eigenvalue weighted by Crippen LogP contribution is 2.35. The number of ether oxygens (including phenoxy) is 2. The second-order valence-electron chi connectivity index (χ2n) is 6.93. The van der Waals surface area contributed by atoms with Crippen molar-refractivity contribution in [1.29, 1.82) is 0 Å². The quantitative estimate of drug-likeness (QED) is 0.344. The van der Waals surface area contributed by atoms with Gasteiger partial charge < -0.3 is 9.47 Å². The average molecular weight is 448 g/mol. The van der Waals surface area contributed by atoms with Crippen molar-refractivity contribution in [3.05, 3.63) is 100 Å². The van der Waals surface area contributed by atoms with Crippen molar-refractivity contribution in [2.24, 2.45) is 0 Å². The Morgan fingerprint density at radius 2 is 1.65 bits per heavy atom. The first-order valence-electron chi connectivity index (χ1n) is 9.78. The zero-order valence-electron chi connectivity index (χ0n) is 17.0. The Labute approximate surface area is 191 Å². The first kappa shape index (κ1) is 21.2. The maximum atomic E-state index is 13.0. The third kappa shape index (κ3) is 5.16. The van der Waals surface area contributed by atoms with E-state index in [4.69, 9.17) is 21.7 Å². The standard InChI is InChI=1S/C25H21NO3S2/c1-28-21-13-11-18(12-14-21)16-26-24(27)23(31-25(26)30)15-20-9-5-6-10-22(20)29-17-19-7-3-2-4-8-19/h2-15H,16-17H2,1H3/b23-15-. The molecule has 0 atom stereocenters. The van der Waals surface area contributed by atoms with E-state index < -0.39 is 0 Å². The zero-order chi connectivity index (χ0) is 21.6. The molecule has 156 valence electrons. The summed E-state index contributed by atoms with van der Waals surface area (Å²) in [6, 6.07) is 25.3. The molecule has 0 spiro atoms. The van der Waals surface area contributed by atoms with Crippen LogP contribution in [0, 0.1) is 0 Å². The minimum absolute atomic E-state index is 0.0938. The second kappa shape index (κ2) is 9.81. The third-order valence-corrected chi connectivity index (χ3v) is 6.19. The molecule has 0 N–H and O–H groups in total. The summed E-state index contributed by atoms with van der Waals surface area (Å²) >= 11 is 6.79. The largest absolute Gasteiger partial charge is 0.497 e. The Bertz CT molecular complexity index is 1110. The van der Waals surface area contributed by atoms with Gasteiger partial charge in [0.05, 0.1) is 18.6 Å². The molecule has 1 aliphatic rings. The fourth-order valence-electron chi connectivity index (χ4n) is 3.16. The van der Waals surface area contributed by atoms with Crippen LogP contribution in [-0.4, -0.2) is 22.2 Å². The van der Waals surface area contributed by atoms with Gasteiger partial charge in [0.2, 0.25) is 0 Å². The fraction of sp³-hybridized carbons (Fsp3) is 0.120. The SMILES string of the molecule is COc1ccc(CN2C(=O)/C(=C/c3ccccc3OCc3ccccc3)SC2=S)cc1. The lowest BCUT2D eigenvalue weighted by Crippen LogP contribution is -2.27. The molecule has 1 saturated heterocycles. The van der Waals surface area contributed by atoms with Crippen molar-refractivity contribution in [2.45, 2.75) is 13.2 Å².